The number of nitrogens with zero attached hydrogens (tertiary/aromatic N) is 1. The van der Waals surface area contributed by atoms with E-state index < -0.39 is 0 Å². The fraction of sp³-hybridized carbons (Fsp3) is 0. The molecule has 2 aromatic rings. The molecule has 2 aromatic carbocycles. The number of fused-ring (bicyclic) bond motifs is 1. The van der Waals surface area contributed by atoms with Crippen molar-refractivity contribution in [1.29, 1.82) is 0 Å². The molecule has 0 saturated carbocycles. The number of halogens is 1. The molecule has 70 valence electrons. The Hall–Kier alpha value is -1.90. The molecule has 0 aliphatic rings. The van der Waals surface area contributed by atoms with E-state index in [1.807, 2.05) is 12.1 Å². The van der Waals surface area contributed by atoms with Crippen LogP contribution < -0.4 is 5.84 Å². The van der Waals surface area contributed by atoms with Gasteiger partial charge in [-0.1, -0.05) is 24.3 Å². The second-order valence-corrected chi connectivity index (χ2v) is 2.96. The fourth-order valence-corrected chi connectivity index (χ4v) is 1.48. The molecule has 2 rings (SSSR count). The molecule has 0 bridgehead atoms. The van der Waals surface area contributed by atoms with E-state index >= 15 is 0 Å². The van der Waals surface area contributed by atoms with Crippen molar-refractivity contribution < 1.29 is 4.39 Å². The van der Waals surface area contributed by atoms with Crippen molar-refractivity contribution in [2.45, 2.75) is 0 Å². The Kier molecular flexibility index (Phi) is 2.14. The van der Waals surface area contributed by atoms with Crippen LogP contribution in [0.5, 0.6) is 0 Å². The molecule has 0 aliphatic heterocycles. The Morgan fingerprint density at radius 3 is 2.50 bits per heavy atom. The molecular formula is C11H9FN2. The van der Waals surface area contributed by atoms with Gasteiger partial charge in [-0.2, -0.15) is 5.10 Å². The highest BCUT2D eigenvalue weighted by Crippen LogP contribution is 2.20. The van der Waals surface area contributed by atoms with E-state index in [0.29, 0.717) is 5.39 Å². The standard InChI is InChI=1S/C11H9FN2/c12-11-6-5-8(7-14-13)9-3-1-2-4-10(9)11/h1-7H,13H2. The Labute approximate surface area is 80.8 Å². The van der Waals surface area contributed by atoms with Crippen molar-refractivity contribution >= 4 is 17.0 Å². The molecule has 14 heavy (non-hydrogen) atoms. The first kappa shape index (κ1) is 8.69. The SMILES string of the molecule is NN=Cc1ccc(F)c2ccccc12. The van der Waals surface area contributed by atoms with Gasteiger partial charge in [0, 0.05) is 10.9 Å². The summed E-state index contributed by atoms with van der Waals surface area (Å²) in [6, 6.07) is 10.3. The third-order valence-corrected chi connectivity index (χ3v) is 2.12. The smallest absolute Gasteiger partial charge is 0.131 e. The van der Waals surface area contributed by atoms with Gasteiger partial charge in [-0.05, 0) is 17.5 Å². The van der Waals surface area contributed by atoms with Gasteiger partial charge in [0.25, 0.3) is 0 Å². The van der Waals surface area contributed by atoms with Crippen LogP contribution in [0.2, 0.25) is 0 Å². The lowest BCUT2D eigenvalue weighted by Gasteiger charge is -2.01. The van der Waals surface area contributed by atoms with E-state index in [4.69, 9.17) is 5.84 Å². The van der Waals surface area contributed by atoms with Crippen LogP contribution in [0.25, 0.3) is 10.8 Å². The minimum absolute atomic E-state index is 0.227. The lowest BCUT2D eigenvalue weighted by atomic mass is 10.1. The van der Waals surface area contributed by atoms with Gasteiger partial charge >= 0.3 is 0 Å². The third kappa shape index (κ3) is 1.33. The number of nitrogens with two attached hydrogens (primary N) is 1. The van der Waals surface area contributed by atoms with Crippen LogP contribution in [-0.2, 0) is 0 Å². The molecule has 0 radical (unpaired) electrons. The van der Waals surface area contributed by atoms with Gasteiger partial charge in [-0.15, -0.1) is 0 Å². The van der Waals surface area contributed by atoms with Crippen molar-refractivity contribution in [2.24, 2.45) is 10.9 Å². The first-order chi connectivity index (χ1) is 6.83. The van der Waals surface area contributed by atoms with Crippen molar-refractivity contribution in [3.05, 3.63) is 47.8 Å². The second-order valence-electron chi connectivity index (χ2n) is 2.96. The maximum Gasteiger partial charge on any atom is 0.131 e. The van der Waals surface area contributed by atoms with E-state index in [2.05, 4.69) is 5.10 Å². The molecule has 0 atom stereocenters. The summed E-state index contributed by atoms with van der Waals surface area (Å²) in [6.07, 6.45) is 1.52. The number of benzene rings is 2. The summed E-state index contributed by atoms with van der Waals surface area (Å²) in [5.41, 5.74) is 0.824. The Bertz CT molecular complexity index is 492. The fourth-order valence-electron chi connectivity index (χ4n) is 1.48. The van der Waals surface area contributed by atoms with Crippen molar-refractivity contribution in [2.75, 3.05) is 0 Å². The maximum absolute atomic E-state index is 13.3. The highest BCUT2D eigenvalue weighted by atomic mass is 19.1. The van der Waals surface area contributed by atoms with E-state index in [-0.39, 0.29) is 5.82 Å². The zero-order valence-corrected chi connectivity index (χ0v) is 7.44. The van der Waals surface area contributed by atoms with Crippen LogP contribution in [0.3, 0.4) is 0 Å². The van der Waals surface area contributed by atoms with Crippen molar-refractivity contribution in [1.82, 2.24) is 0 Å². The number of hydrazone groups is 1. The second kappa shape index (κ2) is 3.46. The van der Waals surface area contributed by atoms with E-state index in [0.717, 1.165) is 10.9 Å². The molecule has 2 nitrogen and oxygen atoms in total. The summed E-state index contributed by atoms with van der Waals surface area (Å²) in [5.74, 6) is 4.84. The molecule has 0 heterocycles. The van der Waals surface area contributed by atoms with Crippen LogP contribution in [0.1, 0.15) is 5.56 Å². The molecule has 0 amide bonds. The van der Waals surface area contributed by atoms with Crippen molar-refractivity contribution in [3.63, 3.8) is 0 Å². The molecule has 0 spiro atoms. The van der Waals surface area contributed by atoms with E-state index in [9.17, 15) is 4.39 Å². The number of hydrogen-bond acceptors (Lipinski definition) is 2. The van der Waals surface area contributed by atoms with Gasteiger partial charge in [0.05, 0.1) is 6.21 Å². The lowest BCUT2D eigenvalue weighted by Crippen LogP contribution is -1.90. The van der Waals surface area contributed by atoms with Crippen LogP contribution in [0.4, 0.5) is 4.39 Å². The Balaban J connectivity index is 2.81. The van der Waals surface area contributed by atoms with E-state index in [1.54, 1.807) is 18.2 Å². The summed E-state index contributed by atoms with van der Waals surface area (Å²) < 4.78 is 13.3. The molecule has 2 N–H and O–H groups in total. The number of hydrogen-bond donors (Lipinski definition) is 1. The highest BCUT2D eigenvalue weighted by molar-refractivity contribution is 5.99. The summed E-state index contributed by atoms with van der Waals surface area (Å²) >= 11 is 0. The first-order valence-electron chi connectivity index (χ1n) is 4.23. The molecule has 0 fully saturated rings. The molecular weight excluding hydrogens is 179 g/mol. The Morgan fingerprint density at radius 2 is 1.79 bits per heavy atom. The molecule has 0 aliphatic carbocycles. The minimum atomic E-state index is -0.227. The average Bonchev–Trinajstić information content (AvgIpc) is 2.23. The first-order valence-corrected chi connectivity index (χ1v) is 4.23. The Morgan fingerprint density at radius 1 is 1.07 bits per heavy atom. The zero-order valence-electron chi connectivity index (χ0n) is 7.44. The lowest BCUT2D eigenvalue weighted by molar-refractivity contribution is 0.640. The highest BCUT2D eigenvalue weighted by Gasteiger charge is 2.02. The zero-order chi connectivity index (χ0) is 9.97. The van der Waals surface area contributed by atoms with Gasteiger partial charge in [-0.25, -0.2) is 4.39 Å². The summed E-state index contributed by atoms with van der Waals surface area (Å²) in [6.45, 7) is 0. The minimum Gasteiger partial charge on any atom is -0.323 e. The number of rotatable bonds is 1. The summed E-state index contributed by atoms with van der Waals surface area (Å²) in [5, 5.41) is 4.85. The molecule has 0 unspecified atom stereocenters. The predicted molar refractivity (Wildman–Crippen MR) is 55.7 cm³/mol. The van der Waals surface area contributed by atoms with Crippen LogP contribution in [0, 0.1) is 5.82 Å². The normalized spacial score (nSPS) is 11.2. The predicted octanol–water partition coefficient (Wildman–Crippen LogP) is 2.27. The average molecular weight is 188 g/mol. The van der Waals surface area contributed by atoms with Gasteiger partial charge < -0.3 is 5.84 Å². The monoisotopic (exact) mass is 188 g/mol. The largest absolute Gasteiger partial charge is 0.323 e. The third-order valence-electron chi connectivity index (χ3n) is 2.12. The van der Waals surface area contributed by atoms with Crippen LogP contribution in [-0.4, -0.2) is 6.21 Å². The molecule has 0 saturated heterocycles. The van der Waals surface area contributed by atoms with E-state index in [1.165, 1.54) is 12.3 Å². The quantitative estimate of drug-likeness (QED) is 0.416. The van der Waals surface area contributed by atoms with Gasteiger partial charge in [0.15, 0.2) is 0 Å². The maximum atomic E-state index is 13.3. The topological polar surface area (TPSA) is 38.4 Å². The van der Waals surface area contributed by atoms with Crippen molar-refractivity contribution in [3.8, 4) is 0 Å². The molecule has 0 aromatic heterocycles. The van der Waals surface area contributed by atoms with Gasteiger partial charge in [0.2, 0.25) is 0 Å². The van der Waals surface area contributed by atoms with Crippen LogP contribution >= 0.6 is 0 Å². The molecule has 3 heteroatoms. The summed E-state index contributed by atoms with van der Waals surface area (Å²) in [7, 11) is 0. The summed E-state index contributed by atoms with van der Waals surface area (Å²) in [4.78, 5) is 0. The van der Waals surface area contributed by atoms with Crippen LogP contribution in [0.15, 0.2) is 41.5 Å². The van der Waals surface area contributed by atoms with Gasteiger partial charge in [0.1, 0.15) is 5.82 Å². The van der Waals surface area contributed by atoms with Gasteiger partial charge in [-0.3, -0.25) is 0 Å².